The van der Waals surface area contributed by atoms with Crippen LogP contribution in [0.4, 0.5) is 9.59 Å². The van der Waals surface area contributed by atoms with E-state index in [0.29, 0.717) is 51.6 Å². The molecule has 15 heteroatoms. The van der Waals surface area contributed by atoms with Gasteiger partial charge >= 0.3 is 12.2 Å². The van der Waals surface area contributed by atoms with E-state index in [1.54, 1.807) is 4.90 Å². The Labute approximate surface area is 303 Å². The first-order chi connectivity index (χ1) is 25.0. The van der Waals surface area contributed by atoms with Crippen LogP contribution >= 0.6 is 0 Å². The normalized spacial score (nSPS) is 31.5. The molecule has 2 aliphatic carbocycles. The Hall–Kier alpha value is -4.40. The molecule has 3 N–H and O–H groups in total. The highest BCUT2D eigenvalue weighted by Crippen LogP contribution is 2.46. The molecule has 6 aliphatic rings. The van der Waals surface area contributed by atoms with Crippen molar-refractivity contribution in [3.8, 4) is 0 Å². The van der Waals surface area contributed by atoms with Crippen LogP contribution in [-0.2, 0) is 47.0 Å². The molecule has 14 nitrogen and oxygen atoms in total. The number of carbonyl (C=O) groups excluding carboxylic acids is 5. The lowest BCUT2D eigenvalue weighted by molar-refractivity contribution is -0.141. The maximum absolute atomic E-state index is 14.3. The fraction of sp³-hybridized carbons (Fsp3) is 0.595. The smallest absolute Gasteiger partial charge is 0.410 e. The SMILES string of the molecule is O=C1NC2CCCCC/C=C\C3CC3(C(=O)NS(=O)(=O)C3CC3)NC(=O)C3CC(CN3C2=O)OC(=O)N2Cc3cccc(c3C2)/C=C\CCCCO1. The van der Waals surface area contributed by atoms with Crippen molar-refractivity contribution in [2.75, 3.05) is 13.2 Å². The molecule has 0 aromatic heterocycles. The van der Waals surface area contributed by atoms with Gasteiger partial charge in [0.25, 0.3) is 5.91 Å². The first-order valence-corrected chi connectivity index (χ1v) is 20.1. The second-order valence-electron chi connectivity index (χ2n) is 14.8. The number of hydrogen-bond acceptors (Lipinski definition) is 9. The van der Waals surface area contributed by atoms with Crippen LogP contribution in [0, 0.1) is 5.92 Å². The molecule has 3 fully saturated rings. The highest BCUT2D eigenvalue weighted by Gasteiger charge is 2.62. The molecule has 4 heterocycles. The van der Waals surface area contributed by atoms with Crippen LogP contribution < -0.4 is 15.4 Å². The summed E-state index contributed by atoms with van der Waals surface area (Å²) in [6.07, 6.45) is 12.2. The lowest BCUT2D eigenvalue weighted by Gasteiger charge is -2.29. The van der Waals surface area contributed by atoms with Gasteiger partial charge in [-0.05, 0) is 74.5 Å². The van der Waals surface area contributed by atoms with Gasteiger partial charge in [-0.2, -0.15) is 0 Å². The third kappa shape index (κ3) is 7.83. The largest absolute Gasteiger partial charge is 0.450 e. The number of nitrogens with zero attached hydrogens (tertiary/aromatic N) is 2. The van der Waals surface area contributed by atoms with Crippen LogP contribution in [0.2, 0.25) is 0 Å². The van der Waals surface area contributed by atoms with E-state index in [1.807, 2.05) is 36.4 Å². The standard InChI is InChI=1S/C37H47N5O9S/c43-32-31-19-27-22-42(31)33(44)30(15-8-3-1-2-7-14-26-20-37(26,39-32)34(45)40-52(48,49)28-16-17-28)38-35(46)50-18-9-5-4-6-11-24-12-10-13-25-21-41(23-29(24)25)36(47)51-27/h6-7,10-14,26-28,30-31H,1-5,8-9,15-23H2,(H,38,46)(H,39,43)(H,40,45)/b11-6-,14-7-. The number of rotatable bonds is 3. The summed E-state index contributed by atoms with van der Waals surface area (Å²) < 4.78 is 39.2. The van der Waals surface area contributed by atoms with Crippen LogP contribution in [0.25, 0.3) is 6.08 Å². The molecule has 7 rings (SSSR count). The summed E-state index contributed by atoms with van der Waals surface area (Å²) in [6.45, 7) is 0.781. The van der Waals surface area contributed by atoms with E-state index in [9.17, 15) is 32.4 Å². The van der Waals surface area contributed by atoms with Gasteiger partial charge in [-0.1, -0.05) is 55.3 Å². The number of carbonyl (C=O) groups is 5. The van der Waals surface area contributed by atoms with Crippen LogP contribution in [0.3, 0.4) is 0 Å². The number of ether oxygens (including phenoxy) is 2. The summed E-state index contributed by atoms with van der Waals surface area (Å²) in [5, 5.41) is 4.93. The topological polar surface area (TPSA) is 181 Å². The van der Waals surface area contributed by atoms with Crippen LogP contribution in [0.1, 0.15) is 93.7 Å². The van der Waals surface area contributed by atoms with Crippen molar-refractivity contribution in [3.05, 3.63) is 53.1 Å². The molecule has 4 aliphatic heterocycles. The predicted octanol–water partition coefficient (Wildman–Crippen LogP) is 3.40. The number of nitrogens with one attached hydrogen (secondary N) is 3. The Morgan fingerprint density at radius 1 is 0.962 bits per heavy atom. The van der Waals surface area contributed by atoms with Gasteiger partial charge in [-0.15, -0.1) is 0 Å². The van der Waals surface area contributed by atoms with Gasteiger partial charge in [0.05, 0.1) is 24.9 Å². The van der Waals surface area contributed by atoms with Crippen molar-refractivity contribution in [1.29, 1.82) is 0 Å². The average Bonchev–Trinajstić information content (AvgIpc) is 3.99. The summed E-state index contributed by atoms with van der Waals surface area (Å²) in [7, 11) is -3.89. The van der Waals surface area contributed by atoms with Gasteiger partial charge in [-0.25, -0.2) is 18.0 Å². The molecular formula is C37H47N5O9S. The van der Waals surface area contributed by atoms with Gasteiger partial charge in [0.15, 0.2) is 0 Å². The minimum Gasteiger partial charge on any atom is -0.450 e. The molecule has 5 amide bonds. The van der Waals surface area contributed by atoms with Crippen molar-refractivity contribution in [2.45, 2.75) is 119 Å². The van der Waals surface area contributed by atoms with Crippen molar-refractivity contribution < 1.29 is 41.9 Å². The average molecular weight is 738 g/mol. The lowest BCUT2D eigenvalue weighted by atomic mass is 10.0. The molecule has 0 spiro atoms. The van der Waals surface area contributed by atoms with Crippen LogP contribution in [-0.4, -0.2) is 90.3 Å². The summed E-state index contributed by atoms with van der Waals surface area (Å²) in [5.74, 6) is -2.43. The highest BCUT2D eigenvalue weighted by atomic mass is 32.2. The highest BCUT2D eigenvalue weighted by molar-refractivity contribution is 7.91. The first kappa shape index (κ1) is 36.0. The Kier molecular flexibility index (Phi) is 10.3. The molecule has 1 aromatic rings. The van der Waals surface area contributed by atoms with E-state index < -0.39 is 74.8 Å². The zero-order chi connectivity index (χ0) is 36.5. The summed E-state index contributed by atoms with van der Waals surface area (Å²) in [5.41, 5.74) is 1.54. The lowest BCUT2D eigenvalue weighted by Crippen LogP contribution is -2.58. The molecule has 5 unspecified atom stereocenters. The van der Waals surface area contributed by atoms with Crippen molar-refractivity contribution in [1.82, 2.24) is 25.2 Å². The number of allylic oxidation sites excluding steroid dienone is 2. The van der Waals surface area contributed by atoms with Gasteiger partial charge in [0.2, 0.25) is 21.8 Å². The molecular weight excluding hydrogens is 690 g/mol. The maximum atomic E-state index is 14.3. The third-order valence-electron chi connectivity index (χ3n) is 11.0. The fourth-order valence-corrected chi connectivity index (χ4v) is 9.08. The fourth-order valence-electron chi connectivity index (χ4n) is 7.72. The van der Waals surface area contributed by atoms with Gasteiger partial charge < -0.3 is 25.0 Å². The third-order valence-corrected chi connectivity index (χ3v) is 12.8. The van der Waals surface area contributed by atoms with E-state index >= 15 is 0 Å². The Balaban J connectivity index is 1.17. The molecule has 1 saturated heterocycles. The predicted molar refractivity (Wildman–Crippen MR) is 189 cm³/mol. The minimum absolute atomic E-state index is 0.0478. The van der Waals surface area contributed by atoms with Crippen molar-refractivity contribution in [2.24, 2.45) is 5.92 Å². The molecule has 52 heavy (non-hydrogen) atoms. The molecule has 0 radical (unpaired) electrons. The number of alkyl carbamates (subject to hydrolysis) is 1. The zero-order valence-corrected chi connectivity index (χ0v) is 30.0. The molecule has 5 atom stereocenters. The number of hydrogen-bond donors (Lipinski definition) is 3. The van der Waals surface area contributed by atoms with Crippen molar-refractivity contribution >= 4 is 46.0 Å². The van der Waals surface area contributed by atoms with Gasteiger partial charge in [0, 0.05) is 18.9 Å². The van der Waals surface area contributed by atoms with Gasteiger partial charge in [-0.3, -0.25) is 24.0 Å². The van der Waals surface area contributed by atoms with E-state index in [1.165, 1.54) is 4.90 Å². The minimum atomic E-state index is -3.89. The monoisotopic (exact) mass is 737 g/mol. The number of benzene rings is 1. The molecule has 5 bridgehead atoms. The number of sulfonamides is 1. The number of fused-ring (bicyclic) bond motifs is 4. The Morgan fingerprint density at radius 2 is 1.77 bits per heavy atom. The van der Waals surface area contributed by atoms with Crippen LogP contribution in [0.15, 0.2) is 36.4 Å². The quantitative estimate of drug-likeness (QED) is 0.392. The summed E-state index contributed by atoms with van der Waals surface area (Å²) >= 11 is 0. The second-order valence-corrected chi connectivity index (χ2v) is 16.8. The van der Waals surface area contributed by atoms with E-state index in [2.05, 4.69) is 21.4 Å². The van der Waals surface area contributed by atoms with Crippen LogP contribution in [0.5, 0.6) is 0 Å². The van der Waals surface area contributed by atoms with Crippen molar-refractivity contribution in [3.63, 3.8) is 0 Å². The summed E-state index contributed by atoms with van der Waals surface area (Å²) in [4.78, 5) is 71.6. The summed E-state index contributed by atoms with van der Waals surface area (Å²) in [6, 6.07) is 3.77. The zero-order valence-electron chi connectivity index (χ0n) is 29.2. The molecule has 1 aromatic carbocycles. The molecule has 280 valence electrons. The van der Waals surface area contributed by atoms with E-state index in [4.69, 9.17) is 9.47 Å². The molecule has 2 saturated carbocycles. The number of amides is 5. The van der Waals surface area contributed by atoms with E-state index in [0.717, 1.165) is 42.4 Å². The second kappa shape index (κ2) is 14.9. The van der Waals surface area contributed by atoms with E-state index in [-0.39, 0.29) is 26.0 Å². The Bertz CT molecular complexity index is 1780. The number of cyclic esters (lactones) is 1. The first-order valence-electron chi connectivity index (χ1n) is 18.6. The Morgan fingerprint density at radius 3 is 2.60 bits per heavy atom. The van der Waals surface area contributed by atoms with Gasteiger partial charge in [0.1, 0.15) is 23.7 Å². The maximum Gasteiger partial charge on any atom is 0.410 e.